The topological polar surface area (TPSA) is 244 Å². The van der Waals surface area contributed by atoms with Gasteiger partial charge >= 0.3 is 18.9 Å². The number of amides is 5. The van der Waals surface area contributed by atoms with Gasteiger partial charge in [-0.05, 0) is 111 Å². The Kier molecular flexibility index (Phi) is 16.8. The Hall–Kier alpha value is -5.93. The number of nitro benzene ring substituents is 1. The molecule has 3 aromatic carbocycles. The molecule has 5 atom stereocenters. The molecule has 5 N–H and O–H groups in total. The van der Waals surface area contributed by atoms with E-state index in [2.05, 4.69) is 42.5 Å². The lowest BCUT2D eigenvalue weighted by Crippen LogP contribution is -2.60. The van der Waals surface area contributed by atoms with Crippen LogP contribution in [0.15, 0.2) is 53.0 Å². The maximum absolute atomic E-state index is 14.6. The Morgan fingerprint density at radius 3 is 2.21 bits per heavy atom. The highest BCUT2D eigenvalue weighted by Crippen LogP contribution is 2.42. The van der Waals surface area contributed by atoms with Crippen molar-refractivity contribution in [2.45, 2.75) is 129 Å². The highest BCUT2D eigenvalue weighted by atomic mass is 79.9. The molecule has 0 aliphatic carbocycles. The summed E-state index contributed by atoms with van der Waals surface area (Å²) in [6.07, 6.45) is -0.862. The van der Waals surface area contributed by atoms with E-state index in [4.69, 9.17) is 28.3 Å². The van der Waals surface area contributed by atoms with Gasteiger partial charge in [0.05, 0.1) is 34.8 Å². The summed E-state index contributed by atoms with van der Waals surface area (Å²) < 4.78 is 35.9. The fourth-order valence-electron chi connectivity index (χ4n) is 7.56. The van der Waals surface area contributed by atoms with Gasteiger partial charge in [-0.25, -0.2) is 4.79 Å². The summed E-state index contributed by atoms with van der Waals surface area (Å²) >= 11 is 3.48. The first-order valence-electron chi connectivity index (χ1n) is 22.3. The van der Waals surface area contributed by atoms with Gasteiger partial charge < -0.3 is 54.8 Å². The number of hydrogen-bond acceptors (Lipinski definition) is 13. The molecule has 0 unspecified atom stereocenters. The van der Waals surface area contributed by atoms with Gasteiger partial charge in [-0.2, -0.15) is 0 Å². The second-order valence-electron chi connectivity index (χ2n) is 18.9. The van der Waals surface area contributed by atoms with Crippen molar-refractivity contribution < 1.29 is 57.2 Å². The summed E-state index contributed by atoms with van der Waals surface area (Å²) in [5.41, 5.74) is -0.692. The van der Waals surface area contributed by atoms with Crippen molar-refractivity contribution in [3.05, 3.63) is 79.8 Å². The number of nitro groups is 1. The molecular formula is C47H62BBrN6O13. The van der Waals surface area contributed by atoms with Crippen LogP contribution in [-0.4, -0.2) is 104 Å². The third-order valence-corrected chi connectivity index (χ3v) is 12.7. The Labute approximate surface area is 405 Å². The third-order valence-electron chi connectivity index (χ3n) is 12.1. The van der Waals surface area contributed by atoms with Crippen LogP contribution in [0.25, 0.3) is 0 Å². The molecule has 0 radical (unpaired) electrons. The number of methoxy groups -OCH3 is 2. The largest absolute Gasteiger partial charge is 0.498 e. The molecule has 6 rings (SSSR count). The van der Waals surface area contributed by atoms with Crippen LogP contribution in [0.3, 0.4) is 0 Å². The molecule has 21 heteroatoms. The minimum Gasteiger partial charge on any atom is -0.497 e. The number of carbonyl (C=O) groups is 5. The maximum Gasteiger partial charge on any atom is 0.498 e. The van der Waals surface area contributed by atoms with E-state index in [0.717, 1.165) is 0 Å². The summed E-state index contributed by atoms with van der Waals surface area (Å²) in [7, 11) is 3.48. The second kappa shape index (κ2) is 21.6. The molecule has 4 bridgehead atoms. The fraction of sp³-hybridized carbons (Fsp3) is 0.511. The molecule has 0 aromatic heterocycles. The lowest BCUT2D eigenvalue weighted by atomic mass is 9.77. The zero-order valence-corrected chi connectivity index (χ0v) is 42.1. The molecule has 19 nitrogen and oxygen atoms in total. The summed E-state index contributed by atoms with van der Waals surface area (Å²) in [4.78, 5) is 81.7. The van der Waals surface area contributed by atoms with Crippen molar-refractivity contribution >= 4 is 63.9 Å². The number of halogens is 1. The SMILES string of the molecule is CC[C@H](C)[C@H](NC(=O)[C@H](Cc1ccc(OC)c(B2OC(C)(C)C(C)(C)O2)c1)NC(=O)OC(C)(C)C)C(=O)N[C@H]1Cc2cc(Br)c(OC)c(c2)Oc2ccc(cc2[N+](=O)[O-])C[C@@H](C(=O)NC)NC1=O. The predicted octanol–water partition coefficient (Wildman–Crippen LogP) is 4.95. The number of fused-ring (bicyclic) bond motifs is 7. The predicted molar refractivity (Wildman–Crippen MR) is 256 cm³/mol. The monoisotopic (exact) mass is 1010 g/mol. The molecule has 0 saturated carbocycles. The van der Waals surface area contributed by atoms with Crippen molar-refractivity contribution in [1.82, 2.24) is 26.6 Å². The summed E-state index contributed by atoms with van der Waals surface area (Å²) in [6, 6.07) is 7.47. The Morgan fingerprint density at radius 2 is 1.62 bits per heavy atom. The van der Waals surface area contributed by atoms with Crippen LogP contribution < -0.4 is 46.3 Å². The Bertz CT molecular complexity index is 2390. The minimum atomic E-state index is -1.35. The van der Waals surface area contributed by atoms with E-state index in [1.807, 2.05) is 34.6 Å². The van der Waals surface area contributed by atoms with Crippen LogP contribution in [-0.2, 0) is 52.5 Å². The van der Waals surface area contributed by atoms with Gasteiger partial charge in [-0.3, -0.25) is 29.3 Å². The highest BCUT2D eigenvalue weighted by Gasteiger charge is 2.52. The van der Waals surface area contributed by atoms with Gasteiger partial charge in [0.25, 0.3) is 0 Å². The molecule has 68 heavy (non-hydrogen) atoms. The first-order valence-corrected chi connectivity index (χ1v) is 23.1. The molecule has 3 aromatic rings. The number of nitrogens with one attached hydrogen (secondary N) is 5. The van der Waals surface area contributed by atoms with Crippen LogP contribution in [0.1, 0.15) is 85.4 Å². The standard InChI is InChI=1S/C47H62BBrN6O13/c1-13-25(2)38(54-42(58)33(53-44(60)66-45(3,4)5)20-26-14-16-35(63-11)29(18-26)48-67-46(6,7)47(8,9)68-48)43(59)52-32-22-28-19-30(49)39(64-12)37(24-28)65-36-17-15-27(23-34(36)55(61)62)21-31(40(56)50-10)51-41(32)57/h14-19,23-25,31-33,38H,13,20-22H2,1-12H3,(H,50,56)(H,51,57)(H,52,59)(H,53,60)(H,54,58)/t25-,31-,32-,33-,38-/m0/s1. The van der Waals surface area contributed by atoms with Gasteiger partial charge in [0.1, 0.15) is 35.5 Å². The molecule has 368 valence electrons. The number of likely N-dealkylation sites (N-methyl/N-ethyl adjacent to an activating group) is 1. The number of ether oxygens (including phenoxy) is 4. The van der Waals surface area contributed by atoms with Crippen LogP contribution in [0.4, 0.5) is 10.5 Å². The van der Waals surface area contributed by atoms with Gasteiger partial charge in [0.2, 0.25) is 29.4 Å². The number of nitrogens with zero attached hydrogens (tertiary/aromatic N) is 1. The zero-order chi connectivity index (χ0) is 50.5. The summed E-state index contributed by atoms with van der Waals surface area (Å²) in [5.74, 6) is -2.66. The quantitative estimate of drug-likeness (QED) is 0.0817. The number of carbonyl (C=O) groups excluding carboxylic acids is 5. The Morgan fingerprint density at radius 1 is 0.941 bits per heavy atom. The molecule has 3 aliphatic rings. The van der Waals surface area contributed by atoms with E-state index in [0.29, 0.717) is 38.8 Å². The lowest BCUT2D eigenvalue weighted by molar-refractivity contribution is -0.385. The van der Waals surface area contributed by atoms with Crippen molar-refractivity contribution in [1.29, 1.82) is 0 Å². The fourth-order valence-corrected chi connectivity index (χ4v) is 8.22. The van der Waals surface area contributed by atoms with Crippen LogP contribution in [0.5, 0.6) is 23.0 Å². The van der Waals surface area contributed by atoms with Crippen LogP contribution in [0.2, 0.25) is 0 Å². The Balaban J connectivity index is 1.50. The van der Waals surface area contributed by atoms with E-state index in [1.54, 1.807) is 58.0 Å². The number of benzene rings is 3. The molecule has 3 aliphatic heterocycles. The minimum absolute atomic E-state index is 0.0647. The van der Waals surface area contributed by atoms with Gasteiger partial charge in [-0.15, -0.1) is 0 Å². The molecule has 1 fully saturated rings. The average molecular weight is 1010 g/mol. The summed E-state index contributed by atoms with van der Waals surface area (Å²) in [6.45, 7) is 16.3. The van der Waals surface area contributed by atoms with E-state index in [-0.39, 0.29) is 42.2 Å². The molecule has 1 saturated heterocycles. The summed E-state index contributed by atoms with van der Waals surface area (Å²) in [5, 5.41) is 25.8. The molecule has 0 spiro atoms. The molecule has 5 amide bonds. The lowest BCUT2D eigenvalue weighted by Gasteiger charge is -2.32. The highest BCUT2D eigenvalue weighted by molar-refractivity contribution is 9.10. The van der Waals surface area contributed by atoms with Crippen LogP contribution in [0, 0.1) is 16.0 Å². The van der Waals surface area contributed by atoms with E-state index >= 15 is 0 Å². The van der Waals surface area contributed by atoms with Crippen molar-refractivity contribution in [2.75, 3.05) is 21.3 Å². The average Bonchev–Trinajstić information content (AvgIpc) is 3.48. The van der Waals surface area contributed by atoms with Gasteiger partial charge in [0, 0.05) is 37.8 Å². The first kappa shape index (κ1) is 53.0. The number of hydrogen-bond donors (Lipinski definition) is 5. The normalized spacial score (nSPS) is 18.9. The van der Waals surface area contributed by atoms with Crippen molar-refractivity contribution in [3.8, 4) is 23.0 Å². The third kappa shape index (κ3) is 12.8. The van der Waals surface area contributed by atoms with Gasteiger partial charge in [0.15, 0.2) is 11.5 Å². The molecule has 3 heterocycles. The molecular weight excluding hydrogens is 947 g/mol. The van der Waals surface area contributed by atoms with Crippen molar-refractivity contribution in [3.63, 3.8) is 0 Å². The number of alkyl carbamates (subject to hydrolysis) is 1. The second-order valence-corrected chi connectivity index (χ2v) is 19.7. The number of rotatable bonds is 14. The van der Waals surface area contributed by atoms with Crippen LogP contribution >= 0.6 is 15.9 Å². The van der Waals surface area contributed by atoms with E-state index in [1.165, 1.54) is 39.5 Å². The van der Waals surface area contributed by atoms with Gasteiger partial charge in [-0.1, -0.05) is 38.5 Å². The maximum atomic E-state index is 14.6. The smallest absolute Gasteiger partial charge is 0.497 e. The van der Waals surface area contributed by atoms with E-state index in [9.17, 15) is 34.1 Å². The van der Waals surface area contributed by atoms with E-state index < -0.39 is 88.7 Å². The first-order chi connectivity index (χ1) is 31.8. The van der Waals surface area contributed by atoms with Crippen molar-refractivity contribution in [2.24, 2.45) is 5.92 Å². The zero-order valence-electron chi connectivity index (χ0n) is 40.5.